The smallest absolute Gasteiger partial charge is 0.356 e. The molecule has 2 rings (SSSR count). The van der Waals surface area contributed by atoms with Crippen LogP contribution in [0.15, 0.2) is 24.5 Å². The molecule has 0 bridgehead atoms. The number of ether oxygens (including phenoxy) is 1. The molecule has 21 heavy (non-hydrogen) atoms. The van der Waals surface area contributed by atoms with Crippen molar-refractivity contribution in [3.63, 3.8) is 0 Å². The van der Waals surface area contributed by atoms with Gasteiger partial charge in [-0.2, -0.15) is 4.39 Å². The third-order valence-electron chi connectivity index (χ3n) is 2.26. The normalized spacial score (nSPS) is 10.2. The highest BCUT2D eigenvalue weighted by Crippen LogP contribution is 2.29. The molecule has 0 saturated heterocycles. The van der Waals surface area contributed by atoms with Gasteiger partial charge in [-0.1, -0.05) is 0 Å². The Morgan fingerprint density at radius 1 is 1.24 bits per heavy atom. The van der Waals surface area contributed by atoms with Crippen molar-refractivity contribution >= 4 is 11.7 Å². The summed E-state index contributed by atoms with van der Waals surface area (Å²) < 4.78 is 31.8. The molecule has 0 unspecified atom stereocenters. The number of nitro groups is 1. The second kappa shape index (κ2) is 5.45. The summed E-state index contributed by atoms with van der Waals surface area (Å²) in [7, 11) is 0. The molecule has 1 aromatic heterocycles. The summed E-state index contributed by atoms with van der Waals surface area (Å²) in [5, 5.41) is 19.0. The second-order valence-electron chi connectivity index (χ2n) is 3.64. The topological polar surface area (TPSA) is 115 Å². The number of hydrogen-bond donors (Lipinski definition) is 1. The molecule has 0 aliphatic heterocycles. The molecule has 0 fully saturated rings. The van der Waals surface area contributed by atoms with Gasteiger partial charge in [-0.25, -0.2) is 19.2 Å². The zero-order valence-electron chi connectivity index (χ0n) is 9.99. The van der Waals surface area contributed by atoms with Crippen LogP contribution in [0.3, 0.4) is 0 Å². The van der Waals surface area contributed by atoms with Crippen molar-refractivity contribution in [2.45, 2.75) is 0 Å². The third-order valence-corrected chi connectivity index (χ3v) is 2.26. The van der Waals surface area contributed by atoms with Crippen LogP contribution in [0.4, 0.5) is 14.5 Å². The highest BCUT2D eigenvalue weighted by molar-refractivity contribution is 5.84. The van der Waals surface area contributed by atoms with Crippen LogP contribution in [0, 0.1) is 21.7 Å². The molecule has 108 valence electrons. The zero-order valence-corrected chi connectivity index (χ0v) is 9.99. The molecule has 1 heterocycles. The van der Waals surface area contributed by atoms with E-state index in [9.17, 15) is 23.7 Å². The lowest BCUT2D eigenvalue weighted by molar-refractivity contribution is -0.387. The Kier molecular flexibility index (Phi) is 3.69. The molecular formula is C11H5F2N3O5. The first-order chi connectivity index (χ1) is 9.88. The molecule has 0 spiro atoms. The molecule has 2 aromatic rings. The van der Waals surface area contributed by atoms with E-state index in [2.05, 4.69) is 9.97 Å². The summed E-state index contributed by atoms with van der Waals surface area (Å²) in [6.45, 7) is 0. The minimum Gasteiger partial charge on any atom is -0.476 e. The van der Waals surface area contributed by atoms with Gasteiger partial charge in [0.05, 0.1) is 23.4 Å². The van der Waals surface area contributed by atoms with E-state index in [1.807, 2.05) is 0 Å². The number of hydrogen-bond acceptors (Lipinski definition) is 6. The highest BCUT2D eigenvalue weighted by Gasteiger charge is 2.20. The monoisotopic (exact) mass is 297 g/mol. The highest BCUT2D eigenvalue weighted by atomic mass is 19.1. The molecule has 0 aliphatic rings. The largest absolute Gasteiger partial charge is 0.476 e. The minimum absolute atomic E-state index is 0.299. The predicted octanol–water partition coefficient (Wildman–Crippen LogP) is 2.15. The second-order valence-corrected chi connectivity index (χ2v) is 3.64. The number of aromatic carboxylic acids is 1. The average molecular weight is 297 g/mol. The molecule has 8 nitrogen and oxygen atoms in total. The summed E-state index contributed by atoms with van der Waals surface area (Å²) in [5.41, 5.74) is -1.40. The van der Waals surface area contributed by atoms with Gasteiger partial charge in [-0.3, -0.25) is 10.1 Å². The lowest BCUT2D eigenvalue weighted by atomic mass is 10.3. The van der Waals surface area contributed by atoms with Gasteiger partial charge in [-0.15, -0.1) is 0 Å². The summed E-state index contributed by atoms with van der Waals surface area (Å²) in [4.78, 5) is 26.9. The summed E-state index contributed by atoms with van der Waals surface area (Å²) in [6, 6.07) is 0.851. The van der Waals surface area contributed by atoms with Crippen molar-refractivity contribution in [3.05, 3.63) is 52.0 Å². The number of nitrogens with zero attached hydrogens (tertiary/aromatic N) is 3. The molecule has 1 aromatic carbocycles. The first-order valence-corrected chi connectivity index (χ1v) is 5.25. The van der Waals surface area contributed by atoms with Gasteiger partial charge >= 0.3 is 11.7 Å². The Hall–Kier alpha value is -3.17. The molecule has 0 saturated carbocycles. The number of halogens is 2. The van der Waals surface area contributed by atoms with Crippen LogP contribution in [-0.4, -0.2) is 26.0 Å². The fourth-order valence-corrected chi connectivity index (χ4v) is 1.33. The number of carboxylic acids is 1. The Morgan fingerprint density at radius 2 is 1.95 bits per heavy atom. The Balaban J connectivity index is 2.29. The van der Waals surface area contributed by atoms with Crippen LogP contribution in [-0.2, 0) is 0 Å². The number of aromatic nitrogens is 2. The van der Waals surface area contributed by atoms with Crippen molar-refractivity contribution in [1.82, 2.24) is 9.97 Å². The van der Waals surface area contributed by atoms with Crippen LogP contribution in [0.25, 0.3) is 0 Å². The first kappa shape index (κ1) is 14.2. The van der Waals surface area contributed by atoms with Crippen molar-refractivity contribution in [2.75, 3.05) is 0 Å². The van der Waals surface area contributed by atoms with Gasteiger partial charge in [0.25, 0.3) is 0 Å². The van der Waals surface area contributed by atoms with E-state index in [0.717, 1.165) is 12.4 Å². The standard InChI is InChI=1S/C11H5F2N3O5/c12-5-2-9(6(13)1-8(5)16(19)20)21-10-4-14-7(3-15-10)11(17)18/h1-4H,(H,17,18). The summed E-state index contributed by atoms with van der Waals surface area (Å²) in [5.74, 6) is -4.72. The Morgan fingerprint density at radius 3 is 2.48 bits per heavy atom. The van der Waals surface area contributed by atoms with E-state index < -0.39 is 34.0 Å². The molecule has 0 radical (unpaired) electrons. The van der Waals surface area contributed by atoms with Gasteiger partial charge in [0.1, 0.15) is 0 Å². The van der Waals surface area contributed by atoms with Crippen molar-refractivity contribution in [3.8, 4) is 11.6 Å². The number of nitro benzene ring substituents is 1. The maximum atomic E-state index is 13.5. The van der Waals surface area contributed by atoms with E-state index in [4.69, 9.17) is 9.84 Å². The van der Waals surface area contributed by atoms with Crippen molar-refractivity contribution in [1.29, 1.82) is 0 Å². The lowest BCUT2D eigenvalue weighted by Crippen LogP contribution is -2.02. The van der Waals surface area contributed by atoms with Crippen molar-refractivity contribution < 1.29 is 28.3 Å². The Bertz CT molecular complexity index is 721. The van der Waals surface area contributed by atoms with Crippen molar-refractivity contribution in [2.24, 2.45) is 0 Å². The van der Waals surface area contributed by atoms with E-state index in [0.29, 0.717) is 12.1 Å². The van der Waals surface area contributed by atoms with Gasteiger partial charge in [0.2, 0.25) is 11.7 Å². The average Bonchev–Trinajstić information content (AvgIpc) is 2.42. The number of rotatable bonds is 4. The number of carboxylic acid groups (broad SMARTS) is 1. The number of carbonyl (C=O) groups is 1. The quantitative estimate of drug-likeness (QED) is 0.678. The maximum absolute atomic E-state index is 13.5. The Labute approximate surface area is 114 Å². The SMILES string of the molecule is O=C(O)c1cnc(Oc2cc(F)c([N+](=O)[O-])cc2F)cn1. The van der Waals surface area contributed by atoms with Crippen LogP contribution in [0.5, 0.6) is 11.6 Å². The molecular weight excluding hydrogens is 292 g/mol. The summed E-state index contributed by atoms with van der Waals surface area (Å²) >= 11 is 0. The maximum Gasteiger partial charge on any atom is 0.356 e. The van der Waals surface area contributed by atoms with Crippen LogP contribution in [0.2, 0.25) is 0 Å². The van der Waals surface area contributed by atoms with E-state index in [1.165, 1.54) is 0 Å². The van der Waals surface area contributed by atoms with Gasteiger partial charge in [-0.05, 0) is 0 Å². The molecule has 0 aliphatic carbocycles. The van der Waals surface area contributed by atoms with Gasteiger partial charge < -0.3 is 9.84 Å². The molecule has 0 amide bonds. The van der Waals surface area contributed by atoms with Crippen LogP contribution >= 0.6 is 0 Å². The molecule has 1 N–H and O–H groups in total. The summed E-state index contributed by atoms with van der Waals surface area (Å²) in [6.07, 6.45) is 1.75. The van der Waals surface area contributed by atoms with Gasteiger partial charge in [0, 0.05) is 6.07 Å². The predicted molar refractivity (Wildman–Crippen MR) is 62.1 cm³/mol. The van der Waals surface area contributed by atoms with Gasteiger partial charge in [0.15, 0.2) is 17.3 Å². The molecule has 0 atom stereocenters. The lowest BCUT2D eigenvalue weighted by Gasteiger charge is -2.05. The van der Waals surface area contributed by atoms with Crippen LogP contribution in [0.1, 0.15) is 10.5 Å². The fourth-order valence-electron chi connectivity index (χ4n) is 1.33. The zero-order chi connectivity index (χ0) is 15.6. The van der Waals surface area contributed by atoms with E-state index >= 15 is 0 Å². The fraction of sp³-hybridized carbons (Fsp3) is 0. The van der Waals surface area contributed by atoms with E-state index in [-0.39, 0.29) is 11.6 Å². The first-order valence-electron chi connectivity index (χ1n) is 5.25. The van der Waals surface area contributed by atoms with E-state index in [1.54, 1.807) is 0 Å². The number of benzene rings is 1. The minimum atomic E-state index is -1.32. The molecule has 10 heteroatoms. The third kappa shape index (κ3) is 3.05. The van der Waals surface area contributed by atoms with Crippen LogP contribution < -0.4 is 4.74 Å².